The van der Waals surface area contributed by atoms with Gasteiger partial charge < -0.3 is 0 Å². The van der Waals surface area contributed by atoms with E-state index in [-0.39, 0.29) is 0 Å². The first kappa shape index (κ1) is 13.5. The van der Waals surface area contributed by atoms with Crippen LogP contribution in [0.4, 0.5) is 0 Å². The van der Waals surface area contributed by atoms with E-state index in [1.165, 1.54) is 11.1 Å². The molecule has 2 nitrogen and oxygen atoms in total. The molecule has 0 unspecified atom stereocenters. The fraction of sp³-hybridized carbons (Fsp3) is 0.125. The maximum Gasteiger partial charge on any atom is 0.248 e. The van der Waals surface area contributed by atoms with E-state index in [0.29, 0.717) is 5.57 Å². The molecule has 0 saturated carbocycles. The van der Waals surface area contributed by atoms with Crippen molar-refractivity contribution >= 4 is 22.9 Å². The number of benzene rings is 1. The van der Waals surface area contributed by atoms with E-state index in [4.69, 9.17) is 11.6 Å². The van der Waals surface area contributed by atoms with Crippen LogP contribution in [-0.4, -0.2) is 10.2 Å². The van der Waals surface area contributed by atoms with Crippen LogP contribution in [0.1, 0.15) is 23.6 Å². The maximum atomic E-state index is 10.9. The van der Waals surface area contributed by atoms with E-state index in [9.17, 15) is 4.79 Å². The van der Waals surface area contributed by atoms with Gasteiger partial charge in [-0.3, -0.25) is 9.78 Å². The van der Waals surface area contributed by atoms with Crippen molar-refractivity contribution < 1.29 is 4.79 Å². The third-order valence-electron chi connectivity index (χ3n) is 2.80. The number of carbonyl (C=O) groups excluding carboxylic acids is 1. The van der Waals surface area contributed by atoms with Gasteiger partial charge in [0, 0.05) is 18.0 Å². The first-order valence-electron chi connectivity index (χ1n) is 6.01. The quantitative estimate of drug-likeness (QED) is 0.625. The van der Waals surface area contributed by atoms with Crippen molar-refractivity contribution in [1.82, 2.24) is 4.98 Å². The Kier molecular flexibility index (Phi) is 4.48. The Labute approximate surface area is 117 Å². The number of allylic oxidation sites excluding steroid dienone is 1. The number of pyridine rings is 1. The van der Waals surface area contributed by atoms with Gasteiger partial charge in [0.1, 0.15) is 0 Å². The average Bonchev–Trinajstić information content (AvgIpc) is 2.42. The molecule has 0 saturated heterocycles. The summed E-state index contributed by atoms with van der Waals surface area (Å²) in [5.74, 6) is 0. The van der Waals surface area contributed by atoms with Crippen LogP contribution in [0.2, 0.25) is 0 Å². The molecular weight excluding hydrogens is 258 g/mol. The van der Waals surface area contributed by atoms with Gasteiger partial charge in [0.15, 0.2) is 0 Å². The standard InChI is InChI=1S/C16H14ClNO/c1-12(16(17)19)9-13-4-6-14(7-5-13)10-15-3-2-8-18-11-15/h2-9,11H,10H2,1H3/b12-9+. The van der Waals surface area contributed by atoms with Gasteiger partial charge in [-0.2, -0.15) is 0 Å². The number of rotatable bonds is 4. The average molecular weight is 272 g/mol. The van der Waals surface area contributed by atoms with Gasteiger partial charge in [0.25, 0.3) is 0 Å². The van der Waals surface area contributed by atoms with Crippen molar-refractivity contribution in [3.05, 3.63) is 71.1 Å². The molecule has 2 rings (SSSR count). The van der Waals surface area contributed by atoms with Crippen molar-refractivity contribution in [2.24, 2.45) is 0 Å². The lowest BCUT2D eigenvalue weighted by molar-refractivity contribution is -0.108. The molecular formula is C16H14ClNO. The second kappa shape index (κ2) is 6.30. The van der Waals surface area contributed by atoms with E-state index < -0.39 is 5.24 Å². The largest absolute Gasteiger partial charge is 0.276 e. The lowest BCUT2D eigenvalue weighted by atomic mass is 10.0. The van der Waals surface area contributed by atoms with Gasteiger partial charge >= 0.3 is 0 Å². The third-order valence-corrected chi connectivity index (χ3v) is 3.10. The number of halogens is 1. The summed E-state index contributed by atoms with van der Waals surface area (Å²) >= 11 is 5.40. The summed E-state index contributed by atoms with van der Waals surface area (Å²) in [5.41, 5.74) is 3.90. The first-order valence-corrected chi connectivity index (χ1v) is 6.39. The summed E-state index contributed by atoms with van der Waals surface area (Å²) in [6.07, 6.45) is 6.27. The summed E-state index contributed by atoms with van der Waals surface area (Å²) in [5, 5.41) is -0.417. The monoisotopic (exact) mass is 271 g/mol. The highest BCUT2D eigenvalue weighted by Crippen LogP contribution is 2.13. The Morgan fingerprint density at radius 3 is 2.53 bits per heavy atom. The van der Waals surface area contributed by atoms with E-state index in [0.717, 1.165) is 12.0 Å². The van der Waals surface area contributed by atoms with Crippen molar-refractivity contribution in [1.29, 1.82) is 0 Å². The van der Waals surface area contributed by atoms with Crippen LogP contribution < -0.4 is 0 Å². The maximum absolute atomic E-state index is 10.9. The molecule has 2 aromatic rings. The molecule has 0 amide bonds. The Hall–Kier alpha value is -1.93. The van der Waals surface area contributed by atoms with Crippen LogP contribution in [-0.2, 0) is 11.2 Å². The van der Waals surface area contributed by atoms with Gasteiger partial charge in [-0.15, -0.1) is 0 Å². The summed E-state index contributed by atoms with van der Waals surface area (Å²) in [6, 6.07) is 12.0. The first-order chi connectivity index (χ1) is 9.15. The highest BCUT2D eigenvalue weighted by molar-refractivity contribution is 6.68. The van der Waals surface area contributed by atoms with E-state index in [2.05, 4.69) is 11.1 Å². The van der Waals surface area contributed by atoms with Crippen LogP contribution in [0.25, 0.3) is 6.08 Å². The van der Waals surface area contributed by atoms with Gasteiger partial charge in [-0.1, -0.05) is 30.3 Å². The van der Waals surface area contributed by atoms with E-state index in [1.807, 2.05) is 36.5 Å². The summed E-state index contributed by atoms with van der Waals surface area (Å²) in [7, 11) is 0. The predicted octanol–water partition coefficient (Wildman–Crippen LogP) is 3.84. The number of nitrogens with zero attached hydrogens (tertiary/aromatic N) is 1. The second-order valence-corrected chi connectivity index (χ2v) is 4.72. The van der Waals surface area contributed by atoms with Crippen LogP contribution in [0.5, 0.6) is 0 Å². The van der Waals surface area contributed by atoms with E-state index >= 15 is 0 Å². The zero-order chi connectivity index (χ0) is 13.7. The topological polar surface area (TPSA) is 30.0 Å². The molecule has 0 N–H and O–H groups in total. The van der Waals surface area contributed by atoms with Crippen molar-refractivity contribution in [3.8, 4) is 0 Å². The summed E-state index contributed by atoms with van der Waals surface area (Å²) in [4.78, 5) is 15.0. The molecule has 0 atom stereocenters. The fourth-order valence-electron chi connectivity index (χ4n) is 1.78. The van der Waals surface area contributed by atoms with Crippen LogP contribution in [0, 0.1) is 0 Å². The molecule has 1 aromatic carbocycles. The SMILES string of the molecule is C/C(=C\c1ccc(Cc2cccnc2)cc1)C(=O)Cl. The molecule has 96 valence electrons. The number of carbonyl (C=O) groups is 1. The Balaban J connectivity index is 2.11. The van der Waals surface area contributed by atoms with Crippen LogP contribution in [0.15, 0.2) is 54.4 Å². The third kappa shape index (κ3) is 4.04. The van der Waals surface area contributed by atoms with Gasteiger partial charge in [-0.05, 0) is 53.8 Å². The predicted molar refractivity (Wildman–Crippen MR) is 78.0 cm³/mol. The lowest BCUT2D eigenvalue weighted by Gasteiger charge is -2.02. The molecule has 3 heteroatoms. The molecule has 0 fully saturated rings. The smallest absolute Gasteiger partial charge is 0.248 e. The molecule has 19 heavy (non-hydrogen) atoms. The van der Waals surface area contributed by atoms with E-state index in [1.54, 1.807) is 19.2 Å². The molecule has 0 spiro atoms. The molecule has 1 aromatic heterocycles. The number of aromatic nitrogens is 1. The number of hydrogen-bond donors (Lipinski definition) is 0. The highest BCUT2D eigenvalue weighted by Gasteiger charge is 2.00. The summed E-state index contributed by atoms with van der Waals surface area (Å²) < 4.78 is 0. The molecule has 0 aliphatic heterocycles. The molecule has 0 aliphatic rings. The zero-order valence-corrected chi connectivity index (χ0v) is 11.4. The minimum atomic E-state index is -0.417. The van der Waals surface area contributed by atoms with Gasteiger partial charge in [-0.25, -0.2) is 0 Å². The second-order valence-electron chi connectivity index (χ2n) is 4.38. The van der Waals surface area contributed by atoms with Gasteiger partial charge in [0.2, 0.25) is 5.24 Å². The van der Waals surface area contributed by atoms with Crippen molar-refractivity contribution in [2.45, 2.75) is 13.3 Å². The zero-order valence-electron chi connectivity index (χ0n) is 10.6. The number of hydrogen-bond acceptors (Lipinski definition) is 2. The van der Waals surface area contributed by atoms with Crippen LogP contribution >= 0.6 is 11.6 Å². The minimum Gasteiger partial charge on any atom is -0.276 e. The highest BCUT2D eigenvalue weighted by atomic mass is 35.5. The van der Waals surface area contributed by atoms with Crippen molar-refractivity contribution in [2.75, 3.05) is 0 Å². The molecule has 0 bridgehead atoms. The molecule has 0 radical (unpaired) electrons. The Morgan fingerprint density at radius 2 is 1.95 bits per heavy atom. The Morgan fingerprint density at radius 1 is 1.21 bits per heavy atom. The minimum absolute atomic E-state index is 0.417. The normalized spacial score (nSPS) is 11.4. The van der Waals surface area contributed by atoms with Crippen molar-refractivity contribution in [3.63, 3.8) is 0 Å². The lowest BCUT2D eigenvalue weighted by Crippen LogP contribution is -1.90. The Bertz CT molecular complexity index is 588. The summed E-state index contributed by atoms with van der Waals surface area (Å²) in [6.45, 7) is 1.71. The molecule has 0 aliphatic carbocycles. The van der Waals surface area contributed by atoms with Crippen LogP contribution in [0.3, 0.4) is 0 Å². The fourth-order valence-corrected chi connectivity index (χ4v) is 1.83. The van der Waals surface area contributed by atoms with Gasteiger partial charge in [0.05, 0.1) is 0 Å². The molecule has 1 heterocycles.